The summed E-state index contributed by atoms with van der Waals surface area (Å²) in [7, 11) is 3.18. The lowest BCUT2D eigenvalue weighted by Gasteiger charge is -2.27. The topological polar surface area (TPSA) is 50.7 Å². The number of methoxy groups -OCH3 is 2. The summed E-state index contributed by atoms with van der Waals surface area (Å²) in [5.74, 6) is 1.56. The SMILES string of the molecule is COc1cc(CNCC2CCCCC2O)cc(Cl)c1OC. The van der Waals surface area contributed by atoms with E-state index >= 15 is 0 Å². The third-order valence-corrected chi connectivity index (χ3v) is 4.38. The van der Waals surface area contributed by atoms with E-state index in [1.54, 1.807) is 14.2 Å². The summed E-state index contributed by atoms with van der Waals surface area (Å²) in [6, 6.07) is 3.81. The standard InChI is InChI=1S/C16H24ClNO3/c1-20-15-8-11(7-13(17)16(15)21-2)9-18-10-12-5-3-4-6-14(12)19/h7-8,12,14,18-19H,3-6,9-10H2,1-2H3. The van der Waals surface area contributed by atoms with Gasteiger partial charge in [0.25, 0.3) is 0 Å². The third-order valence-electron chi connectivity index (χ3n) is 4.10. The Bertz CT molecular complexity index is 467. The predicted molar refractivity (Wildman–Crippen MR) is 84.2 cm³/mol. The van der Waals surface area contributed by atoms with Gasteiger partial charge in [0.05, 0.1) is 25.3 Å². The first-order valence-electron chi connectivity index (χ1n) is 7.45. The number of nitrogens with one attached hydrogen (secondary N) is 1. The van der Waals surface area contributed by atoms with Gasteiger partial charge in [-0.2, -0.15) is 0 Å². The van der Waals surface area contributed by atoms with E-state index in [0.29, 0.717) is 29.0 Å². The molecule has 2 N–H and O–H groups in total. The molecule has 1 saturated carbocycles. The van der Waals surface area contributed by atoms with E-state index in [0.717, 1.165) is 31.4 Å². The average Bonchev–Trinajstić information content (AvgIpc) is 2.48. The second kappa shape index (κ2) is 7.87. The van der Waals surface area contributed by atoms with Crippen molar-refractivity contribution in [1.82, 2.24) is 5.32 Å². The lowest BCUT2D eigenvalue weighted by atomic mass is 9.86. The minimum Gasteiger partial charge on any atom is -0.493 e. The van der Waals surface area contributed by atoms with Crippen LogP contribution in [0.3, 0.4) is 0 Å². The molecule has 0 amide bonds. The summed E-state index contributed by atoms with van der Waals surface area (Å²) < 4.78 is 10.5. The molecule has 0 spiro atoms. The van der Waals surface area contributed by atoms with Crippen LogP contribution in [0, 0.1) is 5.92 Å². The highest BCUT2D eigenvalue weighted by Gasteiger charge is 2.22. The lowest BCUT2D eigenvalue weighted by Crippen LogP contribution is -2.33. The second-order valence-corrected chi connectivity index (χ2v) is 5.96. The van der Waals surface area contributed by atoms with Gasteiger partial charge in [0.15, 0.2) is 11.5 Å². The van der Waals surface area contributed by atoms with Crippen molar-refractivity contribution >= 4 is 11.6 Å². The van der Waals surface area contributed by atoms with Crippen LogP contribution >= 0.6 is 11.6 Å². The first-order valence-corrected chi connectivity index (χ1v) is 7.82. The number of hydrogen-bond acceptors (Lipinski definition) is 4. The summed E-state index contributed by atoms with van der Waals surface area (Å²) in [6.45, 7) is 1.52. The minimum absolute atomic E-state index is 0.166. The molecule has 0 aromatic heterocycles. The second-order valence-electron chi connectivity index (χ2n) is 5.56. The Balaban J connectivity index is 1.92. The lowest BCUT2D eigenvalue weighted by molar-refractivity contribution is 0.0695. The maximum atomic E-state index is 9.96. The van der Waals surface area contributed by atoms with Crippen molar-refractivity contribution in [3.8, 4) is 11.5 Å². The first-order chi connectivity index (χ1) is 10.2. The van der Waals surface area contributed by atoms with Gasteiger partial charge in [0, 0.05) is 13.1 Å². The highest BCUT2D eigenvalue weighted by atomic mass is 35.5. The van der Waals surface area contributed by atoms with Crippen LogP contribution in [0.15, 0.2) is 12.1 Å². The van der Waals surface area contributed by atoms with Crippen LogP contribution in [0.1, 0.15) is 31.2 Å². The maximum Gasteiger partial charge on any atom is 0.179 e. The molecular weight excluding hydrogens is 290 g/mol. The van der Waals surface area contributed by atoms with Crippen molar-refractivity contribution in [3.63, 3.8) is 0 Å². The number of aliphatic hydroxyl groups excluding tert-OH is 1. The average molecular weight is 314 g/mol. The highest BCUT2D eigenvalue weighted by Crippen LogP contribution is 2.36. The molecule has 1 fully saturated rings. The quantitative estimate of drug-likeness (QED) is 0.847. The highest BCUT2D eigenvalue weighted by molar-refractivity contribution is 6.32. The zero-order valence-electron chi connectivity index (χ0n) is 12.7. The molecule has 1 aromatic rings. The van der Waals surface area contributed by atoms with Gasteiger partial charge in [-0.05, 0) is 36.5 Å². The molecule has 0 heterocycles. The van der Waals surface area contributed by atoms with Crippen LogP contribution in [0.25, 0.3) is 0 Å². The summed E-state index contributed by atoms with van der Waals surface area (Å²) in [6.07, 6.45) is 4.21. The van der Waals surface area contributed by atoms with Gasteiger partial charge in [-0.3, -0.25) is 0 Å². The molecule has 2 atom stereocenters. The van der Waals surface area contributed by atoms with E-state index in [1.165, 1.54) is 6.42 Å². The Kier molecular flexibility index (Phi) is 6.15. The molecule has 0 saturated heterocycles. The number of rotatable bonds is 6. The molecule has 118 valence electrons. The normalized spacial score (nSPS) is 22.1. The monoisotopic (exact) mass is 313 g/mol. The Morgan fingerprint density at radius 1 is 1.24 bits per heavy atom. The Morgan fingerprint density at radius 2 is 2.00 bits per heavy atom. The fourth-order valence-electron chi connectivity index (χ4n) is 2.90. The Morgan fingerprint density at radius 3 is 2.67 bits per heavy atom. The largest absolute Gasteiger partial charge is 0.493 e. The Labute approximate surface area is 131 Å². The summed E-state index contributed by atoms with van der Waals surface area (Å²) >= 11 is 6.19. The van der Waals surface area contributed by atoms with Gasteiger partial charge >= 0.3 is 0 Å². The van der Waals surface area contributed by atoms with Gasteiger partial charge in [-0.25, -0.2) is 0 Å². The number of benzene rings is 1. The molecule has 0 radical (unpaired) electrons. The fraction of sp³-hybridized carbons (Fsp3) is 0.625. The molecule has 21 heavy (non-hydrogen) atoms. The molecule has 2 unspecified atom stereocenters. The maximum absolute atomic E-state index is 9.96. The molecule has 4 nitrogen and oxygen atoms in total. The molecule has 0 bridgehead atoms. The third kappa shape index (κ3) is 4.25. The zero-order chi connectivity index (χ0) is 15.2. The van der Waals surface area contributed by atoms with E-state index in [4.69, 9.17) is 21.1 Å². The van der Waals surface area contributed by atoms with E-state index in [2.05, 4.69) is 5.32 Å². The Hall–Kier alpha value is -0.970. The summed E-state index contributed by atoms with van der Waals surface area (Å²) in [5, 5.41) is 13.9. The van der Waals surface area contributed by atoms with Crippen molar-refractivity contribution in [2.75, 3.05) is 20.8 Å². The summed E-state index contributed by atoms with van der Waals surface area (Å²) in [5.41, 5.74) is 1.04. The molecular formula is C16H24ClNO3. The van der Waals surface area contributed by atoms with Crippen molar-refractivity contribution in [1.29, 1.82) is 0 Å². The van der Waals surface area contributed by atoms with Crippen molar-refractivity contribution in [3.05, 3.63) is 22.7 Å². The molecule has 5 heteroatoms. The van der Waals surface area contributed by atoms with Crippen LogP contribution in [0.4, 0.5) is 0 Å². The molecule has 1 aliphatic rings. The van der Waals surface area contributed by atoms with E-state index in [-0.39, 0.29) is 6.10 Å². The van der Waals surface area contributed by atoms with Crippen LogP contribution in [0.2, 0.25) is 5.02 Å². The zero-order valence-corrected chi connectivity index (χ0v) is 13.4. The van der Waals surface area contributed by atoms with Crippen molar-refractivity contribution in [2.24, 2.45) is 5.92 Å². The van der Waals surface area contributed by atoms with Crippen LogP contribution in [-0.2, 0) is 6.54 Å². The fourth-order valence-corrected chi connectivity index (χ4v) is 3.21. The van der Waals surface area contributed by atoms with Gasteiger partial charge in [-0.1, -0.05) is 24.4 Å². The van der Waals surface area contributed by atoms with Crippen molar-refractivity contribution < 1.29 is 14.6 Å². The van der Waals surface area contributed by atoms with Crippen LogP contribution in [0.5, 0.6) is 11.5 Å². The number of hydrogen-bond donors (Lipinski definition) is 2. The smallest absolute Gasteiger partial charge is 0.179 e. The van der Waals surface area contributed by atoms with Crippen LogP contribution in [-0.4, -0.2) is 32.0 Å². The van der Waals surface area contributed by atoms with E-state index in [1.807, 2.05) is 12.1 Å². The van der Waals surface area contributed by atoms with Gasteiger partial charge < -0.3 is 19.9 Å². The first kappa shape index (κ1) is 16.4. The molecule has 0 aliphatic heterocycles. The van der Waals surface area contributed by atoms with E-state index < -0.39 is 0 Å². The van der Waals surface area contributed by atoms with E-state index in [9.17, 15) is 5.11 Å². The van der Waals surface area contributed by atoms with Gasteiger partial charge in [0.2, 0.25) is 0 Å². The summed E-state index contributed by atoms with van der Waals surface area (Å²) in [4.78, 5) is 0. The van der Waals surface area contributed by atoms with Crippen molar-refractivity contribution in [2.45, 2.75) is 38.3 Å². The number of halogens is 1. The van der Waals surface area contributed by atoms with Crippen LogP contribution < -0.4 is 14.8 Å². The van der Waals surface area contributed by atoms with Gasteiger partial charge in [-0.15, -0.1) is 0 Å². The minimum atomic E-state index is -0.166. The van der Waals surface area contributed by atoms with Gasteiger partial charge in [0.1, 0.15) is 0 Å². The molecule has 2 rings (SSSR count). The number of ether oxygens (including phenoxy) is 2. The predicted octanol–water partition coefficient (Wildman–Crippen LogP) is 3.00. The molecule has 1 aliphatic carbocycles. The molecule has 1 aromatic carbocycles. The number of aliphatic hydroxyl groups is 1.